The van der Waals surface area contributed by atoms with E-state index in [1.54, 1.807) is 0 Å². The van der Waals surface area contributed by atoms with Gasteiger partial charge in [0.1, 0.15) is 0 Å². The Morgan fingerprint density at radius 2 is 2.06 bits per heavy atom. The van der Waals surface area contributed by atoms with E-state index in [-0.39, 0.29) is 0 Å². The maximum atomic E-state index is 3.52. The maximum Gasteiger partial charge on any atom is 0.0205 e. The van der Waals surface area contributed by atoms with E-state index >= 15 is 0 Å². The Kier molecular flexibility index (Phi) is 4.63. The molecule has 1 aliphatic carbocycles. The molecule has 1 N–H and O–H groups in total. The Balaban J connectivity index is 1.61. The third-order valence-corrected chi connectivity index (χ3v) is 3.22. The van der Waals surface area contributed by atoms with Crippen molar-refractivity contribution in [2.45, 2.75) is 32.2 Å². The first-order valence-corrected chi connectivity index (χ1v) is 6.36. The van der Waals surface area contributed by atoms with Crippen molar-refractivity contribution in [3.63, 3.8) is 0 Å². The third kappa shape index (κ3) is 3.82. The van der Waals surface area contributed by atoms with Crippen LogP contribution in [0.3, 0.4) is 0 Å². The van der Waals surface area contributed by atoms with E-state index in [0.29, 0.717) is 0 Å². The third-order valence-electron chi connectivity index (χ3n) is 3.22. The van der Waals surface area contributed by atoms with Gasteiger partial charge < -0.3 is 5.32 Å². The molecule has 0 bridgehead atoms. The molecule has 16 heavy (non-hydrogen) atoms. The van der Waals surface area contributed by atoms with Crippen LogP contribution in [0.1, 0.15) is 31.2 Å². The largest absolute Gasteiger partial charge is 0.313 e. The Hall–Kier alpha value is -1.08. The molecule has 0 amide bonds. The molecule has 0 fully saturated rings. The van der Waals surface area contributed by atoms with E-state index in [2.05, 4.69) is 47.8 Å². The van der Waals surface area contributed by atoms with Crippen molar-refractivity contribution in [1.29, 1.82) is 0 Å². The van der Waals surface area contributed by atoms with Crippen LogP contribution in [0.2, 0.25) is 0 Å². The highest BCUT2D eigenvalue weighted by Gasteiger charge is 2.07. The van der Waals surface area contributed by atoms with Gasteiger partial charge in [-0.3, -0.25) is 0 Å². The van der Waals surface area contributed by atoms with E-state index in [0.717, 1.165) is 19.0 Å². The van der Waals surface area contributed by atoms with E-state index in [9.17, 15) is 0 Å². The van der Waals surface area contributed by atoms with Crippen molar-refractivity contribution in [2.75, 3.05) is 6.54 Å². The average Bonchev–Trinajstić information content (AvgIpc) is 2.37. The summed E-state index contributed by atoms with van der Waals surface area (Å²) >= 11 is 0. The van der Waals surface area contributed by atoms with Crippen LogP contribution < -0.4 is 5.32 Å². The normalized spacial score (nSPS) is 19.9. The lowest BCUT2D eigenvalue weighted by Crippen LogP contribution is -2.17. The Morgan fingerprint density at radius 3 is 2.81 bits per heavy atom. The van der Waals surface area contributed by atoms with Gasteiger partial charge in [0.2, 0.25) is 0 Å². The smallest absolute Gasteiger partial charge is 0.0205 e. The van der Waals surface area contributed by atoms with Gasteiger partial charge in [0.05, 0.1) is 0 Å². The standard InChI is InChI=1S/C15H21N/c1-3-7-14(8-4-1)11-12-16-13-15-9-5-2-6-10-15/h2-3,5-7,9-10,14,16H,1,4,8,11-13H2/t14-/m0/s1. The number of allylic oxidation sites excluding steroid dienone is 2. The zero-order valence-electron chi connectivity index (χ0n) is 9.86. The maximum absolute atomic E-state index is 3.52. The molecule has 1 aliphatic rings. The summed E-state index contributed by atoms with van der Waals surface area (Å²) in [6.07, 6.45) is 10.1. The molecule has 1 heteroatoms. The fourth-order valence-electron chi connectivity index (χ4n) is 2.24. The molecule has 0 aromatic heterocycles. The second-order valence-corrected chi connectivity index (χ2v) is 4.57. The number of hydrogen-bond donors (Lipinski definition) is 1. The molecule has 1 atom stereocenters. The summed E-state index contributed by atoms with van der Waals surface area (Å²) < 4.78 is 0. The van der Waals surface area contributed by atoms with Crippen LogP contribution in [-0.4, -0.2) is 6.54 Å². The van der Waals surface area contributed by atoms with Gasteiger partial charge in [0, 0.05) is 6.54 Å². The van der Waals surface area contributed by atoms with E-state index < -0.39 is 0 Å². The SMILES string of the molecule is C1=C[C@H](CCNCc2ccccc2)CCC1. The molecule has 0 heterocycles. The molecule has 0 saturated heterocycles. The average molecular weight is 215 g/mol. The molecule has 0 spiro atoms. The summed E-state index contributed by atoms with van der Waals surface area (Å²) in [6, 6.07) is 10.6. The van der Waals surface area contributed by atoms with Crippen LogP contribution in [0.4, 0.5) is 0 Å². The second-order valence-electron chi connectivity index (χ2n) is 4.57. The molecule has 0 aliphatic heterocycles. The zero-order chi connectivity index (χ0) is 11.1. The Morgan fingerprint density at radius 1 is 1.19 bits per heavy atom. The monoisotopic (exact) mass is 215 g/mol. The quantitative estimate of drug-likeness (QED) is 0.585. The van der Waals surface area contributed by atoms with Gasteiger partial charge in [0.15, 0.2) is 0 Å². The van der Waals surface area contributed by atoms with Crippen LogP contribution in [-0.2, 0) is 6.54 Å². The van der Waals surface area contributed by atoms with Gasteiger partial charge in [-0.15, -0.1) is 0 Å². The van der Waals surface area contributed by atoms with Crippen LogP contribution in [0, 0.1) is 5.92 Å². The van der Waals surface area contributed by atoms with E-state index in [1.807, 2.05) is 0 Å². The van der Waals surface area contributed by atoms with Crippen molar-refractivity contribution in [2.24, 2.45) is 5.92 Å². The molecule has 2 rings (SSSR count). The summed E-state index contributed by atoms with van der Waals surface area (Å²) in [7, 11) is 0. The highest BCUT2D eigenvalue weighted by molar-refractivity contribution is 5.14. The van der Waals surface area contributed by atoms with E-state index in [1.165, 1.54) is 31.2 Å². The van der Waals surface area contributed by atoms with Crippen LogP contribution >= 0.6 is 0 Å². The second kappa shape index (κ2) is 6.49. The number of benzene rings is 1. The molecule has 0 saturated carbocycles. The predicted octanol–water partition coefficient (Wildman–Crippen LogP) is 3.52. The van der Waals surface area contributed by atoms with Gasteiger partial charge >= 0.3 is 0 Å². The van der Waals surface area contributed by atoms with Crippen molar-refractivity contribution < 1.29 is 0 Å². The minimum absolute atomic E-state index is 0.817. The summed E-state index contributed by atoms with van der Waals surface area (Å²) in [5.41, 5.74) is 1.38. The summed E-state index contributed by atoms with van der Waals surface area (Å²) in [4.78, 5) is 0. The van der Waals surface area contributed by atoms with Crippen LogP contribution in [0.25, 0.3) is 0 Å². The summed E-state index contributed by atoms with van der Waals surface area (Å²) in [6.45, 7) is 2.13. The number of rotatable bonds is 5. The van der Waals surface area contributed by atoms with Gasteiger partial charge in [-0.05, 0) is 43.7 Å². The molecule has 86 valence electrons. The van der Waals surface area contributed by atoms with Crippen molar-refractivity contribution in [3.8, 4) is 0 Å². The lowest BCUT2D eigenvalue weighted by Gasteiger charge is -2.16. The van der Waals surface area contributed by atoms with Gasteiger partial charge in [-0.25, -0.2) is 0 Å². The van der Waals surface area contributed by atoms with E-state index in [4.69, 9.17) is 0 Å². The number of hydrogen-bond acceptors (Lipinski definition) is 1. The van der Waals surface area contributed by atoms with Gasteiger partial charge in [-0.1, -0.05) is 42.5 Å². The Bertz CT molecular complexity index is 315. The lowest BCUT2D eigenvalue weighted by atomic mass is 9.93. The molecular weight excluding hydrogens is 194 g/mol. The van der Waals surface area contributed by atoms with Gasteiger partial charge in [0.25, 0.3) is 0 Å². The summed E-state index contributed by atoms with van der Waals surface area (Å²) in [5, 5.41) is 3.52. The molecule has 0 radical (unpaired) electrons. The van der Waals surface area contributed by atoms with Crippen LogP contribution in [0.15, 0.2) is 42.5 Å². The first kappa shape index (κ1) is 11.4. The minimum Gasteiger partial charge on any atom is -0.313 e. The topological polar surface area (TPSA) is 12.0 Å². The fraction of sp³-hybridized carbons (Fsp3) is 0.467. The molecule has 1 nitrogen and oxygen atoms in total. The lowest BCUT2D eigenvalue weighted by molar-refractivity contribution is 0.483. The van der Waals surface area contributed by atoms with Crippen LogP contribution in [0.5, 0.6) is 0 Å². The zero-order valence-corrected chi connectivity index (χ0v) is 9.86. The van der Waals surface area contributed by atoms with Crippen molar-refractivity contribution in [1.82, 2.24) is 5.32 Å². The van der Waals surface area contributed by atoms with Crippen molar-refractivity contribution >= 4 is 0 Å². The molecule has 1 aromatic rings. The molecule has 0 unspecified atom stereocenters. The predicted molar refractivity (Wildman–Crippen MR) is 69.2 cm³/mol. The molecule has 1 aromatic carbocycles. The summed E-state index contributed by atoms with van der Waals surface area (Å²) in [5.74, 6) is 0.817. The Labute approximate surface area is 98.6 Å². The van der Waals surface area contributed by atoms with Crippen molar-refractivity contribution in [3.05, 3.63) is 48.0 Å². The van der Waals surface area contributed by atoms with Gasteiger partial charge in [-0.2, -0.15) is 0 Å². The first-order chi connectivity index (χ1) is 7.95. The first-order valence-electron chi connectivity index (χ1n) is 6.36. The number of nitrogens with one attached hydrogen (secondary N) is 1. The minimum atomic E-state index is 0.817. The highest BCUT2D eigenvalue weighted by Crippen LogP contribution is 2.19. The fourth-order valence-corrected chi connectivity index (χ4v) is 2.24. The highest BCUT2D eigenvalue weighted by atomic mass is 14.8. The molecular formula is C15H21N.